The predicted molar refractivity (Wildman–Crippen MR) is 112 cm³/mol. The van der Waals surface area contributed by atoms with E-state index in [-0.39, 0.29) is 29.2 Å². The molecule has 0 radical (unpaired) electrons. The number of ketones is 1. The Hall–Kier alpha value is -3.12. The van der Waals surface area contributed by atoms with Gasteiger partial charge < -0.3 is 38.7 Å². The SMILES string of the molecule is CO[Si](CCCNC(=O)Oc1ccc(C(=O)c2ccc(O)cc2O)c(O)c1)(OC)OC. The molecule has 4 N–H and O–H groups in total. The summed E-state index contributed by atoms with van der Waals surface area (Å²) in [5, 5.41) is 31.9. The summed E-state index contributed by atoms with van der Waals surface area (Å²) in [5.74, 6) is -1.69. The highest BCUT2D eigenvalue weighted by molar-refractivity contribution is 6.60. The van der Waals surface area contributed by atoms with Gasteiger partial charge in [0.1, 0.15) is 23.0 Å². The molecule has 11 heteroatoms. The number of amides is 1. The molecule has 0 heterocycles. The maximum atomic E-state index is 12.5. The summed E-state index contributed by atoms with van der Waals surface area (Å²) in [4.78, 5) is 24.5. The van der Waals surface area contributed by atoms with Crippen molar-refractivity contribution in [3.63, 3.8) is 0 Å². The van der Waals surface area contributed by atoms with Gasteiger partial charge in [-0.15, -0.1) is 0 Å². The third-order valence-corrected chi connectivity index (χ3v) is 7.34. The fourth-order valence-corrected chi connectivity index (χ4v) is 4.54. The zero-order chi connectivity index (χ0) is 23.0. The molecular formula is C20H25NO9Si. The number of hydrogen-bond acceptors (Lipinski definition) is 9. The first-order valence-electron chi connectivity index (χ1n) is 9.26. The highest BCUT2D eigenvalue weighted by atomic mass is 28.4. The number of benzene rings is 2. The lowest BCUT2D eigenvalue weighted by molar-refractivity contribution is 0.103. The number of aromatic hydroxyl groups is 3. The Balaban J connectivity index is 1.94. The maximum absolute atomic E-state index is 12.5. The molecular weight excluding hydrogens is 426 g/mol. The van der Waals surface area contributed by atoms with E-state index in [4.69, 9.17) is 18.0 Å². The number of carbonyl (C=O) groups is 2. The van der Waals surface area contributed by atoms with Crippen LogP contribution in [0, 0.1) is 0 Å². The summed E-state index contributed by atoms with van der Waals surface area (Å²) in [6.07, 6.45) is -0.208. The van der Waals surface area contributed by atoms with Crippen molar-refractivity contribution in [2.75, 3.05) is 27.9 Å². The maximum Gasteiger partial charge on any atom is 0.500 e. The van der Waals surface area contributed by atoms with Crippen LogP contribution in [0.15, 0.2) is 36.4 Å². The molecule has 0 aromatic heterocycles. The van der Waals surface area contributed by atoms with Gasteiger partial charge in [-0.2, -0.15) is 0 Å². The largest absolute Gasteiger partial charge is 0.508 e. The summed E-state index contributed by atoms with van der Waals surface area (Å²) in [6, 6.07) is 7.71. The third-order valence-electron chi connectivity index (χ3n) is 4.51. The second kappa shape index (κ2) is 10.8. The van der Waals surface area contributed by atoms with Crippen molar-refractivity contribution >= 4 is 20.7 Å². The Bertz CT molecular complexity index is 923. The van der Waals surface area contributed by atoms with E-state index >= 15 is 0 Å². The molecule has 2 rings (SSSR count). The minimum absolute atomic E-state index is 0.0240. The topological polar surface area (TPSA) is 144 Å². The van der Waals surface area contributed by atoms with Crippen LogP contribution in [0.25, 0.3) is 0 Å². The van der Waals surface area contributed by atoms with E-state index in [1.54, 1.807) is 0 Å². The number of rotatable bonds is 10. The first-order chi connectivity index (χ1) is 14.7. The van der Waals surface area contributed by atoms with Gasteiger partial charge in [-0.25, -0.2) is 4.79 Å². The number of carbonyl (C=O) groups excluding carboxylic acids is 2. The van der Waals surface area contributed by atoms with E-state index in [1.807, 2.05) is 0 Å². The predicted octanol–water partition coefficient (Wildman–Crippen LogP) is 2.39. The zero-order valence-electron chi connectivity index (χ0n) is 17.4. The van der Waals surface area contributed by atoms with E-state index in [1.165, 1.54) is 45.6 Å². The van der Waals surface area contributed by atoms with Gasteiger partial charge in [0.15, 0.2) is 5.78 Å². The van der Waals surface area contributed by atoms with Crippen molar-refractivity contribution < 1.29 is 42.9 Å². The lowest BCUT2D eigenvalue weighted by atomic mass is 10.0. The molecule has 0 aliphatic rings. The van der Waals surface area contributed by atoms with Crippen LogP contribution in [-0.4, -0.2) is 63.9 Å². The van der Waals surface area contributed by atoms with Gasteiger partial charge in [0.05, 0.1) is 11.1 Å². The van der Waals surface area contributed by atoms with Crippen molar-refractivity contribution in [1.82, 2.24) is 5.32 Å². The first-order valence-corrected chi connectivity index (χ1v) is 11.2. The average molecular weight is 452 g/mol. The van der Waals surface area contributed by atoms with Crippen molar-refractivity contribution in [3.05, 3.63) is 47.5 Å². The van der Waals surface area contributed by atoms with Crippen LogP contribution in [0.1, 0.15) is 22.3 Å². The molecule has 10 nitrogen and oxygen atoms in total. The van der Waals surface area contributed by atoms with Crippen molar-refractivity contribution in [3.8, 4) is 23.0 Å². The quantitative estimate of drug-likeness (QED) is 0.243. The Labute approximate surface area is 180 Å². The molecule has 0 saturated carbocycles. The van der Waals surface area contributed by atoms with Gasteiger partial charge >= 0.3 is 14.9 Å². The molecule has 0 aliphatic heterocycles. The fourth-order valence-electron chi connectivity index (χ4n) is 2.82. The van der Waals surface area contributed by atoms with E-state index in [2.05, 4.69) is 5.32 Å². The van der Waals surface area contributed by atoms with Gasteiger partial charge in [0.25, 0.3) is 0 Å². The van der Waals surface area contributed by atoms with Crippen LogP contribution >= 0.6 is 0 Å². The lowest BCUT2D eigenvalue weighted by Crippen LogP contribution is -2.43. The number of phenols is 3. The molecule has 31 heavy (non-hydrogen) atoms. The minimum Gasteiger partial charge on any atom is -0.508 e. The summed E-state index contributed by atoms with van der Waals surface area (Å²) in [6.45, 7) is 0.284. The molecule has 1 amide bonds. The Morgan fingerprint density at radius 3 is 2.03 bits per heavy atom. The standard InChI is InChI=1S/C20H25NO9Si/c1-27-31(28-2,29-3)10-4-9-21-20(26)30-14-6-8-16(18(24)12-14)19(25)15-7-5-13(22)11-17(15)23/h5-8,11-12,22-24H,4,9-10H2,1-3H3,(H,21,26). The Kier molecular flexibility index (Phi) is 8.39. The normalized spacial score (nSPS) is 11.2. The van der Waals surface area contributed by atoms with Crippen LogP contribution in [0.5, 0.6) is 23.0 Å². The van der Waals surface area contributed by atoms with Crippen LogP contribution < -0.4 is 10.1 Å². The monoisotopic (exact) mass is 451 g/mol. The second-order valence-electron chi connectivity index (χ2n) is 6.42. The van der Waals surface area contributed by atoms with E-state index < -0.39 is 32.2 Å². The molecule has 0 saturated heterocycles. The number of phenolic OH excluding ortho intramolecular Hbond substituents is 3. The molecule has 0 bridgehead atoms. The molecule has 2 aromatic rings. The molecule has 0 aliphatic carbocycles. The van der Waals surface area contributed by atoms with Crippen molar-refractivity contribution in [2.24, 2.45) is 0 Å². The summed E-state index contributed by atoms with van der Waals surface area (Å²) < 4.78 is 21.0. The van der Waals surface area contributed by atoms with Crippen LogP contribution in [0.2, 0.25) is 6.04 Å². The second-order valence-corrected chi connectivity index (χ2v) is 9.52. The van der Waals surface area contributed by atoms with Crippen LogP contribution in [0.4, 0.5) is 4.79 Å². The zero-order valence-corrected chi connectivity index (χ0v) is 18.4. The summed E-state index contributed by atoms with van der Waals surface area (Å²) >= 11 is 0. The van der Waals surface area contributed by atoms with Crippen LogP contribution in [-0.2, 0) is 13.3 Å². The van der Waals surface area contributed by atoms with Gasteiger partial charge in [-0.3, -0.25) is 4.79 Å². The van der Waals surface area contributed by atoms with E-state index in [0.29, 0.717) is 12.5 Å². The lowest BCUT2D eigenvalue weighted by Gasteiger charge is -2.24. The smallest absolute Gasteiger partial charge is 0.500 e. The van der Waals surface area contributed by atoms with Gasteiger partial charge in [-0.05, 0) is 30.7 Å². The van der Waals surface area contributed by atoms with Gasteiger partial charge in [0.2, 0.25) is 0 Å². The average Bonchev–Trinajstić information content (AvgIpc) is 2.74. The third kappa shape index (κ3) is 6.18. The fraction of sp³-hybridized carbons (Fsp3) is 0.300. The molecule has 0 fully saturated rings. The Morgan fingerprint density at radius 1 is 0.903 bits per heavy atom. The van der Waals surface area contributed by atoms with E-state index in [9.17, 15) is 24.9 Å². The Morgan fingerprint density at radius 2 is 1.48 bits per heavy atom. The minimum atomic E-state index is -2.71. The van der Waals surface area contributed by atoms with E-state index in [0.717, 1.165) is 12.1 Å². The van der Waals surface area contributed by atoms with Crippen LogP contribution in [0.3, 0.4) is 0 Å². The van der Waals surface area contributed by atoms with Gasteiger partial charge in [-0.1, -0.05) is 0 Å². The molecule has 0 atom stereocenters. The molecule has 168 valence electrons. The first kappa shape index (κ1) is 24.1. The van der Waals surface area contributed by atoms with Crippen molar-refractivity contribution in [2.45, 2.75) is 12.5 Å². The molecule has 2 aromatic carbocycles. The summed E-state index contributed by atoms with van der Waals surface area (Å²) in [7, 11) is 1.80. The van der Waals surface area contributed by atoms with Crippen molar-refractivity contribution in [1.29, 1.82) is 0 Å². The number of nitrogens with one attached hydrogen (secondary N) is 1. The number of ether oxygens (including phenoxy) is 1. The summed E-state index contributed by atoms with van der Waals surface area (Å²) in [5.41, 5.74) is -0.198. The number of hydrogen-bond donors (Lipinski definition) is 4. The highest BCUT2D eigenvalue weighted by Crippen LogP contribution is 2.30. The highest BCUT2D eigenvalue weighted by Gasteiger charge is 2.36. The molecule has 0 unspecified atom stereocenters. The van der Waals surface area contributed by atoms with Gasteiger partial charge in [0, 0.05) is 46.1 Å². The molecule has 0 spiro atoms.